The third-order valence-corrected chi connectivity index (χ3v) is 4.15. The zero-order valence-electron chi connectivity index (χ0n) is 11.1. The second kappa shape index (κ2) is 6.22. The van der Waals surface area contributed by atoms with Crippen LogP contribution >= 0.6 is 11.8 Å². The van der Waals surface area contributed by atoms with Crippen molar-refractivity contribution in [2.24, 2.45) is 0 Å². The zero-order chi connectivity index (χ0) is 13.8. The van der Waals surface area contributed by atoms with Crippen LogP contribution in [0.2, 0.25) is 0 Å². The molecule has 2 aromatic carbocycles. The molecular formula is C16H17FOS. The molecule has 0 aliphatic carbocycles. The van der Waals surface area contributed by atoms with Gasteiger partial charge in [-0.3, -0.25) is 0 Å². The van der Waals surface area contributed by atoms with E-state index in [9.17, 15) is 9.50 Å². The lowest BCUT2D eigenvalue weighted by molar-refractivity contribution is 0.203. The first-order valence-electron chi connectivity index (χ1n) is 6.20. The van der Waals surface area contributed by atoms with Crippen LogP contribution in [0.4, 0.5) is 4.39 Å². The lowest BCUT2D eigenvalue weighted by atomic mass is 10.0. The van der Waals surface area contributed by atoms with Gasteiger partial charge in [-0.2, -0.15) is 0 Å². The SMILES string of the molecule is Cc1ccc(C)c(C(O)CSc2ccccc2F)c1. The maximum absolute atomic E-state index is 13.5. The van der Waals surface area contributed by atoms with E-state index in [1.165, 1.54) is 17.8 Å². The Hall–Kier alpha value is -1.32. The number of hydrogen-bond donors (Lipinski definition) is 1. The van der Waals surface area contributed by atoms with Gasteiger partial charge in [0.2, 0.25) is 0 Å². The molecular weight excluding hydrogens is 259 g/mol. The molecule has 0 amide bonds. The summed E-state index contributed by atoms with van der Waals surface area (Å²) in [6.45, 7) is 3.98. The summed E-state index contributed by atoms with van der Waals surface area (Å²) in [6.07, 6.45) is -0.579. The third-order valence-electron chi connectivity index (χ3n) is 3.03. The molecule has 1 nitrogen and oxygen atoms in total. The van der Waals surface area contributed by atoms with Gasteiger partial charge in [-0.05, 0) is 37.1 Å². The van der Waals surface area contributed by atoms with Crippen LogP contribution in [0.3, 0.4) is 0 Å². The van der Waals surface area contributed by atoms with Crippen molar-refractivity contribution >= 4 is 11.8 Å². The van der Waals surface area contributed by atoms with E-state index in [1.54, 1.807) is 18.2 Å². The van der Waals surface area contributed by atoms with Crippen LogP contribution in [0.1, 0.15) is 22.8 Å². The van der Waals surface area contributed by atoms with Gasteiger partial charge in [0, 0.05) is 10.6 Å². The van der Waals surface area contributed by atoms with Gasteiger partial charge in [-0.15, -0.1) is 11.8 Å². The van der Waals surface area contributed by atoms with Crippen molar-refractivity contribution in [2.45, 2.75) is 24.8 Å². The van der Waals surface area contributed by atoms with Crippen LogP contribution in [0.5, 0.6) is 0 Å². The molecule has 1 unspecified atom stereocenters. The van der Waals surface area contributed by atoms with E-state index in [0.29, 0.717) is 10.6 Å². The highest BCUT2D eigenvalue weighted by Gasteiger charge is 2.12. The minimum absolute atomic E-state index is 0.235. The first kappa shape index (κ1) is 14.1. The minimum atomic E-state index is -0.579. The number of hydrogen-bond acceptors (Lipinski definition) is 2. The van der Waals surface area contributed by atoms with Crippen LogP contribution < -0.4 is 0 Å². The highest BCUT2D eigenvalue weighted by atomic mass is 32.2. The Labute approximate surface area is 117 Å². The smallest absolute Gasteiger partial charge is 0.136 e. The molecule has 0 heterocycles. The number of aliphatic hydroxyl groups is 1. The Morgan fingerprint density at radius 3 is 2.63 bits per heavy atom. The molecule has 100 valence electrons. The zero-order valence-corrected chi connectivity index (χ0v) is 11.9. The largest absolute Gasteiger partial charge is 0.388 e. The van der Waals surface area contributed by atoms with Crippen molar-refractivity contribution in [1.29, 1.82) is 0 Å². The Morgan fingerprint density at radius 2 is 1.89 bits per heavy atom. The van der Waals surface area contributed by atoms with E-state index < -0.39 is 6.10 Å². The summed E-state index contributed by atoms with van der Waals surface area (Å²) in [7, 11) is 0. The van der Waals surface area contributed by atoms with Gasteiger partial charge in [0.25, 0.3) is 0 Å². The summed E-state index contributed by atoms with van der Waals surface area (Å²) < 4.78 is 13.5. The number of aliphatic hydroxyl groups excluding tert-OH is 1. The Balaban J connectivity index is 2.07. The normalized spacial score (nSPS) is 12.4. The van der Waals surface area contributed by atoms with Gasteiger partial charge >= 0.3 is 0 Å². The molecule has 3 heteroatoms. The molecule has 1 N–H and O–H groups in total. The number of benzene rings is 2. The van der Waals surface area contributed by atoms with Crippen LogP contribution in [-0.4, -0.2) is 10.9 Å². The van der Waals surface area contributed by atoms with Crippen LogP contribution in [0.25, 0.3) is 0 Å². The van der Waals surface area contributed by atoms with Crippen molar-refractivity contribution in [3.05, 3.63) is 65.0 Å². The van der Waals surface area contributed by atoms with E-state index in [2.05, 4.69) is 0 Å². The van der Waals surface area contributed by atoms with Gasteiger partial charge < -0.3 is 5.11 Å². The van der Waals surface area contributed by atoms with E-state index in [1.807, 2.05) is 32.0 Å². The topological polar surface area (TPSA) is 20.2 Å². The van der Waals surface area contributed by atoms with Crippen LogP contribution in [-0.2, 0) is 0 Å². The lowest BCUT2D eigenvalue weighted by Crippen LogP contribution is -2.03. The minimum Gasteiger partial charge on any atom is -0.388 e. The van der Waals surface area contributed by atoms with Gasteiger partial charge in [-0.1, -0.05) is 35.9 Å². The molecule has 0 saturated heterocycles. The standard InChI is InChI=1S/C16H17FOS/c1-11-7-8-12(2)13(9-11)15(18)10-19-16-6-4-3-5-14(16)17/h3-9,15,18H,10H2,1-2H3. The molecule has 0 radical (unpaired) electrons. The van der Waals surface area contributed by atoms with E-state index in [4.69, 9.17) is 0 Å². The highest BCUT2D eigenvalue weighted by Crippen LogP contribution is 2.28. The number of thioether (sulfide) groups is 1. The summed E-state index contributed by atoms with van der Waals surface area (Å²) in [5.41, 5.74) is 3.10. The van der Waals surface area contributed by atoms with Gasteiger partial charge in [0.15, 0.2) is 0 Å². The molecule has 0 aromatic heterocycles. The maximum Gasteiger partial charge on any atom is 0.136 e. The summed E-state index contributed by atoms with van der Waals surface area (Å²) >= 11 is 1.34. The molecule has 0 aliphatic heterocycles. The molecule has 0 fully saturated rings. The van der Waals surface area contributed by atoms with Crippen molar-refractivity contribution in [3.63, 3.8) is 0 Å². The van der Waals surface area contributed by atoms with Crippen molar-refractivity contribution < 1.29 is 9.50 Å². The first-order valence-corrected chi connectivity index (χ1v) is 7.19. The molecule has 2 rings (SSSR count). The average molecular weight is 276 g/mol. The molecule has 0 saturated carbocycles. The second-order valence-corrected chi connectivity index (χ2v) is 5.68. The molecule has 1 atom stereocenters. The summed E-state index contributed by atoms with van der Waals surface area (Å²) in [5.74, 6) is 0.214. The second-order valence-electron chi connectivity index (χ2n) is 4.62. The summed E-state index contributed by atoms with van der Waals surface area (Å²) in [5, 5.41) is 10.2. The van der Waals surface area contributed by atoms with E-state index >= 15 is 0 Å². The molecule has 2 aromatic rings. The molecule has 0 spiro atoms. The fourth-order valence-corrected chi connectivity index (χ4v) is 2.84. The highest BCUT2D eigenvalue weighted by molar-refractivity contribution is 7.99. The summed E-state index contributed by atoms with van der Waals surface area (Å²) in [6, 6.07) is 12.7. The Bertz CT molecular complexity index is 568. The predicted octanol–water partition coefficient (Wildman–Crippen LogP) is 4.27. The van der Waals surface area contributed by atoms with Gasteiger partial charge in [-0.25, -0.2) is 4.39 Å². The van der Waals surface area contributed by atoms with Crippen LogP contribution in [0.15, 0.2) is 47.4 Å². The van der Waals surface area contributed by atoms with Crippen molar-refractivity contribution in [3.8, 4) is 0 Å². The third kappa shape index (κ3) is 3.58. The number of rotatable bonds is 4. The Morgan fingerprint density at radius 1 is 1.16 bits per heavy atom. The molecule has 0 aliphatic rings. The quantitative estimate of drug-likeness (QED) is 0.842. The number of halogens is 1. The average Bonchev–Trinajstić information content (AvgIpc) is 2.40. The van der Waals surface area contributed by atoms with E-state index in [0.717, 1.165) is 16.7 Å². The monoisotopic (exact) mass is 276 g/mol. The summed E-state index contributed by atoms with van der Waals surface area (Å²) in [4.78, 5) is 0.576. The molecule has 0 bridgehead atoms. The van der Waals surface area contributed by atoms with Crippen molar-refractivity contribution in [1.82, 2.24) is 0 Å². The number of aryl methyl sites for hydroxylation is 2. The van der Waals surface area contributed by atoms with Crippen molar-refractivity contribution in [2.75, 3.05) is 5.75 Å². The maximum atomic E-state index is 13.5. The van der Waals surface area contributed by atoms with E-state index in [-0.39, 0.29) is 5.82 Å². The lowest BCUT2D eigenvalue weighted by Gasteiger charge is -2.14. The Kier molecular flexibility index (Phi) is 4.61. The van der Waals surface area contributed by atoms with Gasteiger partial charge in [0.1, 0.15) is 5.82 Å². The van der Waals surface area contributed by atoms with Crippen LogP contribution in [0, 0.1) is 19.7 Å². The molecule has 19 heavy (non-hydrogen) atoms. The predicted molar refractivity (Wildman–Crippen MR) is 78.0 cm³/mol. The first-order chi connectivity index (χ1) is 9.08. The van der Waals surface area contributed by atoms with Gasteiger partial charge in [0.05, 0.1) is 6.10 Å². The fraction of sp³-hybridized carbons (Fsp3) is 0.250. The fourth-order valence-electron chi connectivity index (χ4n) is 1.94.